The number of halogens is 2. The van der Waals surface area contributed by atoms with Gasteiger partial charge in [-0.25, -0.2) is 4.79 Å². The van der Waals surface area contributed by atoms with Crippen molar-refractivity contribution in [3.8, 4) is 0 Å². The number of hydrogen-bond acceptors (Lipinski definition) is 3. The molecule has 0 spiro atoms. The van der Waals surface area contributed by atoms with E-state index in [-0.39, 0.29) is 27.0 Å². The van der Waals surface area contributed by atoms with E-state index in [4.69, 9.17) is 27.6 Å². The Balaban J connectivity index is 2.35. The highest BCUT2D eigenvalue weighted by Gasteiger charge is 2.19. The van der Waals surface area contributed by atoms with Gasteiger partial charge in [0, 0.05) is 10.9 Å². The van der Waals surface area contributed by atoms with Crippen LogP contribution in [0.2, 0.25) is 10.0 Å². The van der Waals surface area contributed by atoms with Crippen LogP contribution in [-0.4, -0.2) is 5.78 Å². The van der Waals surface area contributed by atoms with Crippen LogP contribution >= 0.6 is 23.2 Å². The molecule has 0 atom stereocenters. The smallest absolute Gasteiger partial charge is 0.356 e. The molecular formula is C17H10Cl2O3. The summed E-state index contributed by atoms with van der Waals surface area (Å²) < 4.78 is 5.21. The van der Waals surface area contributed by atoms with E-state index >= 15 is 0 Å². The van der Waals surface area contributed by atoms with Crippen molar-refractivity contribution in [1.82, 2.24) is 0 Å². The summed E-state index contributed by atoms with van der Waals surface area (Å²) in [7, 11) is 0. The van der Waals surface area contributed by atoms with Crippen molar-refractivity contribution >= 4 is 40.0 Å². The molecule has 0 saturated carbocycles. The van der Waals surface area contributed by atoms with E-state index in [1.807, 2.05) is 13.0 Å². The van der Waals surface area contributed by atoms with E-state index in [1.165, 1.54) is 0 Å². The molecule has 3 nitrogen and oxygen atoms in total. The molecule has 0 radical (unpaired) electrons. The van der Waals surface area contributed by atoms with Crippen LogP contribution in [0.25, 0.3) is 11.0 Å². The number of rotatable bonds is 2. The topological polar surface area (TPSA) is 47.3 Å². The van der Waals surface area contributed by atoms with Crippen molar-refractivity contribution < 1.29 is 9.21 Å². The Kier molecular flexibility index (Phi) is 3.77. The van der Waals surface area contributed by atoms with Gasteiger partial charge in [0.2, 0.25) is 0 Å². The zero-order valence-corrected chi connectivity index (χ0v) is 13.0. The molecule has 22 heavy (non-hydrogen) atoms. The van der Waals surface area contributed by atoms with Crippen molar-refractivity contribution in [2.75, 3.05) is 0 Å². The number of fused-ring (bicyclic) bond motifs is 1. The molecular weight excluding hydrogens is 323 g/mol. The van der Waals surface area contributed by atoms with Crippen molar-refractivity contribution in [3.63, 3.8) is 0 Å². The molecule has 1 aromatic heterocycles. The minimum atomic E-state index is -0.759. The molecule has 1 heterocycles. The Bertz CT molecular complexity index is 944. The summed E-state index contributed by atoms with van der Waals surface area (Å²) >= 11 is 12.0. The van der Waals surface area contributed by atoms with Crippen molar-refractivity contribution in [2.45, 2.75) is 6.92 Å². The summed E-state index contributed by atoms with van der Waals surface area (Å²) in [6, 6.07) is 12.2. The second-order valence-electron chi connectivity index (χ2n) is 4.90. The van der Waals surface area contributed by atoms with Crippen LogP contribution in [0.3, 0.4) is 0 Å². The second-order valence-corrected chi connectivity index (χ2v) is 5.66. The second kappa shape index (κ2) is 5.59. The summed E-state index contributed by atoms with van der Waals surface area (Å²) in [5, 5.41) is 0.363. The zero-order chi connectivity index (χ0) is 15.9. The highest BCUT2D eigenvalue weighted by molar-refractivity contribution is 6.45. The van der Waals surface area contributed by atoms with Gasteiger partial charge in [0.15, 0.2) is 11.4 Å². The lowest BCUT2D eigenvalue weighted by atomic mass is 9.99. The standard InChI is InChI=1S/C17H10Cl2O3/c1-9-7-11-13(18)14(19)17(21)22-16(11)12(8-9)15(20)10-5-3-2-4-6-10/h2-8H,1H3. The van der Waals surface area contributed by atoms with Crippen LogP contribution in [0.4, 0.5) is 0 Å². The lowest BCUT2D eigenvalue weighted by Gasteiger charge is -2.08. The maximum absolute atomic E-state index is 12.7. The van der Waals surface area contributed by atoms with Gasteiger partial charge in [-0.1, -0.05) is 53.5 Å². The first-order valence-corrected chi connectivity index (χ1v) is 7.27. The predicted molar refractivity (Wildman–Crippen MR) is 87.1 cm³/mol. The van der Waals surface area contributed by atoms with Crippen LogP contribution < -0.4 is 5.63 Å². The Morgan fingerprint density at radius 3 is 2.41 bits per heavy atom. The average Bonchev–Trinajstić information content (AvgIpc) is 2.53. The SMILES string of the molecule is Cc1cc(C(=O)c2ccccc2)c2oc(=O)c(Cl)c(Cl)c2c1. The summed E-state index contributed by atoms with van der Waals surface area (Å²) in [5.41, 5.74) is 1.00. The first-order valence-electron chi connectivity index (χ1n) is 6.51. The summed E-state index contributed by atoms with van der Waals surface area (Å²) in [4.78, 5) is 24.4. The van der Waals surface area contributed by atoms with Crippen LogP contribution in [0.5, 0.6) is 0 Å². The van der Waals surface area contributed by atoms with E-state index in [0.717, 1.165) is 5.56 Å². The summed E-state index contributed by atoms with van der Waals surface area (Å²) in [6.07, 6.45) is 0. The van der Waals surface area contributed by atoms with Crippen molar-refractivity contribution in [3.05, 3.63) is 79.6 Å². The number of ketones is 1. The van der Waals surface area contributed by atoms with E-state index in [0.29, 0.717) is 10.9 Å². The van der Waals surface area contributed by atoms with Gasteiger partial charge in [-0.3, -0.25) is 4.79 Å². The Hall–Kier alpha value is -2.10. The fourth-order valence-corrected chi connectivity index (χ4v) is 2.66. The van der Waals surface area contributed by atoms with Gasteiger partial charge >= 0.3 is 5.63 Å². The maximum atomic E-state index is 12.7. The van der Waals surface area contributed by atoms with Gasteiger partial charge in [0.05, 0.1) is 10.6 Å². The molecule has 0 aliphatic carbocycles. The third kappa shape index (κ3) is 2.43. The van der Waals surface area contributed by atoms with Crippen molar-refractivity contribution in [1.29, 1.82) is 0 Å². The van der Waals surface area contributed by atoms with E-state index in [9.17, 15) is 9.59 Å². The molecule has 0 saturated heterocycles. The molecule has 110 valence electrons. The minimum Gasteiger partial charge on any atom is -0.421 e. The summed E-state index contributed by atoms with van der Waals surface area (Å²) in [6.45, 7) is 1.83. The number of carbonyl (C=O) groups excluding carboxylic acids is 1. The molecule has 0 amide bonds. The number of hydrogen-bond donors (Lipinski definition) is 0. The van der Waals surface area contributed by atoms with Gasteiger partial charge in [-0.05, 0) is 24.6 Å². The quantitative estimate of drug-likeness (QED) is 0.507. The Morgan fingerprint density at radius 2 is 1.73 bits per heavy atom. The first kappa shape index (κ1) is 14.8. The third-order valence-corrected chi connectivity index (χ3v) is 4.15. The van der Waals surface area contributed by atoms with Gasteiger partial charge in [-0.15, -0.1) is 0 Å². The average molecular weight is 333 g/mol. The molecule has 5 heteroatoms. The van der Waals surface area contributed by atoms with Crippen molar-refractivity contribution in [2.24, 2.45) is 0 Å². The fourth-order valence-electron chi connectivity index (χ4n) is 2.31. The van der Waals surface area contributed by atoms with Gasteiger partial charge in [0.1, 0.15) is 5.02 Å². The van der Waals surface area contributed by atoms with Gasteiger partial charge < -0.3 is 4.42 Å². The Morgan fingerprint density at radius 1 is 1.05 bits per heavy atom. The molecule has 0 unspecified atom stereocenters. The normalized spacial score (nSPS) is 10.9. The highest BCUT2D eigenvalue weighted by Crippen LogP contribution is 2.31. The van der Waals surface area contributed by atoms with Crippen LogP contribution in [0, 0.1) is 6.92 Å². The van der Waals surface area contributed by atoms with Gasteiger partial charge in [-0.2, -0.15) is 0 Å². The predicted octanol–water partition coefficient (Wildman–Crippen LogP) is 4.64. The zero-order valence-electron chi connectivity index (χ0n) is 11.5. The van der Waals surface area contributed by atoms with Gasteiger partial charge in [0.25, 0.3) is 0 Å². The summed E-state index contributed by atoms with van der Waals surface area (Å²) in [5.74, 6) is -0.240. The fraction of sp³-hybridized carbons (Fsp3) is 0.0588. The molecule has 0 fully saturated rings. The number of carbonyl (C=O) groups is 1. The first-order chi connectivity index (χ1) is 10.5. The molecule has 0 aliphatic rings. The highest BCUT2D eigenvalue weighted by atomic mass is 35.5. The molecule has 2 aromatic carbocycles. The molecule has 0 aliphatic heterocycles. The van der Waals surface area contributed by atoms with E-state index < -0.39 is 5.63 Å². The Labute approximate surface area is 136 Å². The molecule has 3 rings (SSSR count). The number of aryl methyl sites for hydroxylation is 1. The van der Waals surface area contributed by atoms with Crippen LogP contribution in [-0.2, 0) is 0 Å². The lowest BCUT2D eigenvalue weighted by molar-refractivity contribution is 0.103. The molecule has 3 aromatic rings. The monoisotopic (exact) mass is 332 g/mol. The molecule has 0 N–H and O–H groups in total. The van der Waals surface area contributed by atoms with Crippen LogP contribution in [0.15, 0.2) is 51.7 Å². The minimum absolute atomic E-state index is 0.0960. The largest absolute Gasteiger partial charge is 0.421 e. The van der Waals surface area contributed by atoms with Crippen LogP contribution in [0.1, 0.15) is 21.5 Å². The number of benzene rings is 2. The lowest BCUT2D eigenvalue weighted by Crippen LogP contribution is -2.07. The maximum Gasteiger partial charge on any atom is 0.356 e. The van der Waals surface area contributed by atoms with E-state index in [1.54, 1.807) is 36.4 Å². The van der Waals surface area contributed by atoms with E-state index in [2.05, 4.69) is 0 Å². The molecule has 0 bridgehead atoms. The third-order valence-electron chi connectivity index (χ3n) is 3.32.